The SMILES string of the molecule is COc1ccc(CCNC(=O)/C=C/c2cc(Br)ccc2F)cc1. The zero-order valence-corrected chi connectivity index (χ0v) is 14.3. The molecule has 0 radical (unpaired) electrons. The molecule has 2 aromatic carbocycles. The molecule has 2 rings (SSSR count). The summed E-state index contributed by atoms with van der Waals surface area (Å²) < 4.78 is 19.4. The molecule has 0 bridgehead atoms. The summed E-state index contributed by atoms with van der Waals surface area (Å²) in [5, 5.41) is 2.77. The van der Waals surface area contributed by atoms with Gasteiger partial charge in [0, 0.05) is 22.7 Å². The van der Waals surface area contributed by atoms with Gasteiger partial charge in [0.15, 0.2) is 0 Å². The molecule has 0 aromatic heterocycles. The molecule has 0 unspecified atom stereocenters. The van der Waals surface area contributed by atoms with Gasteiger partial charge in [-0.2, -0.15) is 0 Å². The number of hydrogen-bond acceptors (Lipinski definition) is 2. The third kappa shape index (κ3) is 5.53. The molecule has 3 nitrogen and oxygen atoms in total. The van der Waals surface area contributed by atoms with E-state index in [-0.39, 0.29) is 11.7 Å². The van der Waals surface area contributed by atoms with Gasteiger partial charge in [-0.05, 0) is 48.4 Å². The minimum absolute atomic E-state index is 0.252. The third-order valence-electron chi connectivity index (χ3n) is 3.24. The van der Waals surface area contributed by atoms with Crippen LogP contribution in [0, 0.1) is 5.82 Å². The second-order valence-corrected chi connectivity index (χ2v) is 5.80. The van der Waals surface area contributed by atoms with Crippen molar-refractivity contribution in [3.63, 3.8) is 0 Å². The van der Waals surface area contributed by atoms with Gasteiger partial charge < -0.3 is 10.1 Å². The van der Waals surface area contributed by atoms with Crippen molar-refractivity contribution < 1.29 is 13.9 Å². The maximum Gasteiger partial charge on any atom is 0.244 e. The molecule has 0 aliphatic heterocycles. The minimum atomic E-state index is -0.365. The molecule has 0 spiro atoms. The van der Waals surface area contributed by atoms with Crippen molar-refractivity contribution >= 4 is 27.9 Å². The van der Waals surface area contributed by atoms with Gasteiger partial charge in [0.05, 0.1) is 7.11 Å². The van der Waals surface area contributed by atoms with E-state index in [0.29, 0.717) is 12.1 Å². The van der Waals surface area contributed by atoms with Gasteiger partial charge in [-0.3, -0.25) is 4.79 Å². The van der Waals surface area contributed by atoms with Crippen LogP contribution in [0.3, 0.4) is 0 Å². The quantitative estimate of drug-likeness (QED) is 0.773. The minimum Gasteiger partial charge on any atom is -0.497 e. The summed E-state index contributed by atoms with van der Waals surface area (Å²) in [6.07, 6.45) is 3.51. The van der Waals surface area contributed by atoms with Crippen molar-refractivity contribution in [1.82, 2.24) is 5.32 Å². The van der Waals surface area contributed by atoms with Crippen molar-refractivity contribution in [3.8, 4) is 5.75 Å². The van der Waals surface area contributed by atoms with Crippen molar-refractivity contribution in [2.45, 2.75) is 6.42 Å². The van der Waals surface area contributed by atoms with E-state index in [1.807, 2.05) is 24.3 Å². The molecule has 1 amide bonds. The maximum absolute atomic E-state index is 13.5. The molecule has 1 N–H and O–H groups in total. The lowest BCUT2D eigenvalue weighted by Gasteiger charge is -2.04. The van der Waals surface area contributed by atoms with Crippen LogP contribution in [0.15, 0.2) is 53.0 Å². The Labute approximate surface area is 143 Å². The Bertz CT molecular complexity index is 699. The first-order valence-corrected chi connectivity index (χ1v) is 7.91. The number of amides is 1. The van der Waals surface area contributed by atoms with Crippen LogP contribution in [-0.4, -0.2) is 19.6 Å². The highest BCUT2D eigenvalue weighted by molar-refractivity contribution is 9.10. The van der Waals surface area contributed by atoms with Gasteiger partial charge in [0.2, 0.25) is 5.91 Å². The van der Waals surface area contributed by atoms with E-state index in [0.717, 1.165) is 22.2 Å². The summed E-state index contributed by atoms with van der Waals surface area (Å²) in [6, 6.07) is 12.3. The maximum atomic E-state index is 13.5. The fourth-order valence-corrected chi connectivity index (χ4v) is 2.37. The van der Waals surface area contributed by atoms with Crippen molar-refractivity contribution in [2.75, 3.05) is 13.7 Å². The Kier molecular flexibility index (Phi) is 6.35. The Morgan fingerprint density at radius 2 is 2.00 bits per heavy atom. The summed E-state index contributed by atoms with van der Waals surface area (Å²) in [7, 11) is 1.62. The standard InChI is InChI=1S/C18H17BrFNO2/c1-23-16-6-2-13(3-7-16)10-11-21-18(22)9-4-14-12-15(19)5-8-17(14)20/h2-9,12H,10-11H2,1H3,(H,21,22)/b9-4+. The third-order valence-corrected chi connectivity index (χ3v) is 3.74. The first-order chi connectivity index (χ1) is 11.1. The van der Waals surface area contributed by atoms with Crippen LogP contribution >= 0.6 is 15.9 Å². The Hall–Kier alpha value is -2.14. The lowest BCUT2D eigenvalue weighted by Crippen LogP contribution is -2.23. The number of carbonyl (C=O) groups is 1. The van der Waals surface area contributed by atoms with E-state index in [2.05, 4.69) is 21.2 Å². The number of rotatable bonds is 6. The predicted molar refractivity (Wildman–Crippen MR) is 92.8 cm³/mol. The fourth-order valence-electron chi connectivity index (χ4n) is 1.99. The molecule has 0 heterocycles. The van der Waals surface area contributed by atoms with Crippen LogP contribution in [0.2, 0.25) is 0 Å². The molecule has 0 aliphatic rings. The fraction of sp³-hybridized carbons (Fsp3) is 0.167. The smallest absolute Gasteiger partial charge is 0.244 e. The van der Waals surface area contributed by atoms with E-state index in [1.165, 1.54) is 18.2 Å². The lowest BCUT2D eigenvalue weighted by molar-refractivity contribution is -0.116. The summed E-state index contributed by atoms with van der Waals surface area (Å²) in [4.78, 5) is 11.8. The van der Waals surface area contributed by atoms with Crippen molar-refractivity contribution in [3.05, 3.63) is 70.0 Å². The average molecular weight is 378 g/mol. The second kappa shape index (κ2) is 8.48. The predicted octanol–water partition coefficient (Wildman–Crippen LogP) is 3.97. The molecule has 2 aromatic rings. The van der Waals surface area contributed by atoms with E-state index < -0.39 is 0 Å². The van der Waals surface area contributed by atoms with Crippen LogP contribution in [0.25, 0.3) is 6.08 Å². The normalized spacial score (nSPS) is 10.7. The zero-order chi connectivity index (χ0) is 16.7. The number of methoxy groups -OCH3 is 1. The average Bonchev–Trinajstić information content (AvgIpc) is 2.56. The second-order valence-electron chi connectivity index (χ2n) is 4.89. The molecule has 5 heteroatoms. The number of hydrogen-bond donors (Lipinski definition) is 1. The van der Waals surface area contributed by atoms with Crippen LogP contribution in [-0.2, 0) is 11.2 Å². The number of halogens is 2. The van der Waals surface area contributed by atoms with E-state index in [9.17, 15) is 9.18 Å². The first-order valence-electron chi connectivity index (χ1n) is 7.12. The van der Waals surface area contributed by atoms with Crippen LogP contribution < -0.4 is 10.1 Å². The monoisotopic (exact) mass is 377 g/mol. The molecule has 0 saturated carbocycles. The van der Waals surface area contributed by atoms with Crippen LogP contribution in [0.5, 0.6) is 5.75 Å². The number of benzene rings is 2. The summed E-state index contributed by atoms with van der Waals surface area (Å²) in [5.74, 6) is 0.185. The van der Waals surface area contributed by atoms with E-state index >= 15 is 0 Å². The van der Waals surface area contributed by atoms with Crippen molar-refractivity contribution in [2.24, 2.45) is 0 Å². The van der Waals surface area contributed by atoms with E-state index in [1.54, 1.807) is 19.2 Å². The van der Waals surface area contributed by atoms with Crippen LogP contribution in [0.1, 0.15) is 11.1 Å². The van der Waals surface area contributed by atoms with Gasteiger partial charge in [0.25, 0.3) is 0 Å². The highest BCUT2D eigenvalue weighted by Gasteiger charge is 2.01. The Morgan fingerprint density at radius 3 is 2.70 bits per heavy atom. The Morgan fingerprint density at radius 1 is 1.26 bits per heavy atom. The van der Waals surface area contributed by atoms with Gasteiger partial charge in [-0.25, -0.2) is 4.39 Å². The van der Waals surface area contributed by atoms with Gasteiger partial charge in [0.1, 0.15) is 11.6 Å². The molecular formula is C18H17BrFNO2. The highest BCUT2D eigenvalue weighted by atomic mass is 79.9. The topological polar surface area (TPSA) is 38.3 Å². The van der Waals surface area contributed by atoms with Gasteiger partial charge >= 0.3 is 0 Å². The van der Waals surface area contributed by atoms with Crippen molar-refractivity contribution in [1.29, 1.82) is 0 Å². The van der Waals surface area contributed by atoms with Gasteiger partial charge in [-0.1, -0.05) is 28.1 Å². The lowest BCUT2D eigenvalue weighted by atomic mass is 10.1. The van der Waals surface area contributed by atoms with Crippen LogP contribution in [0.4, 0.5) is 4.39 Å². The molecule has 0 fully saturated rings. The summed E-state index contributed by atoms with van der Waals surface area (Å²) in [5.41, 5.74) is 1.47. The number of ether oxygens (including phenoxy) is 1. The summed E-state index contributed by atoms with van der Waals surface area (Å²) in [6.45, 7) is 0.510. The molecule has 0 saturated heterocycles. The molecule has 0 atom stereocenters. The van der Waals surface area contributed by atoms with Gasteiger partial charge in [-0.15, -0.1) is 0 Å². The zero-order valence-electron chi connectivity index (χ0n) is 12.7. The highest BCUT2D eigenvalue weighted by Crippen LogP contribution is 2.16. The largest absolute Gasteiger partial charge is 0.497 e. The Balaban J connectivity index is 1.82. The number of nitrogens with one attached hydrogen (secondary N) is 1. The molecular weight excluding hydrogens is 361 g/mol. The summed E-state index contributed by atoms with van der Waals surface area (Å²) >= 11 is 3.27. The molecule has 23 heavy (non-hydrogen) atoms. The number of carbonyl (C=O) groups excluding carboxylic acids is 1. The molecule has 0 aliphatic carbocycles. The first kappa shape index (κ1) is 17.2. The van der Waals surface area contributed by atoms with E-state index in [4.69, 9.17) is 4.74 Å². The molecule has 120 valence electrons.